The summed E-state index contributed by atoms with van der Waals surface area (Å²) in [5.74, 6) is 2.63. The topological polar surface area (TPSA) is 18.5 Å². The van der Waals surface area contributed by atoms with Gasteiger partial charge in [-0.1, -0.05) is 94.8 Å². The predicted octanol–water partition coefficient (Wildman–Crippen LogP) is 8.29. The lowest BCUT2D eigenvalue weighted by molar-refractivity contribution is 0.305. The summed E-state index contributed by atoms with van der Waals surface area (Å²) in [5.41, 5.74) is 6.73. The Morgan fingerprint density at radius 1 is 0.714 bits per heavy atom. The molecule has 0 heterocycles. The third-order valence-corrected chi connectivity index (χ3v) is 7.40. The number of halogens is 1. The quantitative estimate of drug-likeness (QED) is 0.161. The van der Waals surface area contributed by atoms with Crippen LogP contribution < -0.4 is 9.47 Å². The zero-order chi connectivity index (χ0) is 23.9. The maximum absolute atomic E-state index is 6.15. The van der Waals surface area contributed by atoms with E-state index in [-0.39, 0.29) is 0 Å². The Bertz CT molecular complexity index is 1210. The molecule has 0 radical (unpaired) electrons. The number of hydrogen-bond donors (Lipinski definition) is 0. The van der Waals surface area contributed by atoms with Gasteiger partial charge in [-0.2, -0.15) is 0 Å². The number of benzene rings is 4. The molecule has 5 rings (SSSR count). The molecule has 0 saturated heterocycles. The molecule has 4 aromatic rings. The van der Waals surface area contributed by atoms with Crippen LogP contribution in [0.25, 0.3) is 0 Å². The number of alkyl halides is 1. The van der Waals surface area contributed by atoms with E-state index in [9.17, 15) is 0 Å². The Balaban J connectivity index is 1.42. The molecule has 0 aromatic heterocycles. The van der Waals surface area contributed by atoms with Gasteiger partial charge in [0.05, 0.1) is 6.61 Å². The van der Waals surface area contributed by atoms with Crippen molar-refractivity contribution in [2.75, 3.05) is 11.9 Å². The van der Waals surface area contributed by atoms with Gasteiger partial charge in [0.2, 0.25) is 0 Å². The molecular weight excluding hydrogens is 496 g/mol. The van der Waals surface area contributed by atoms with Crippen molar-refractivity contribution in [1.82, 2.24) is 0 Å². The molecule has 0 saturated carbocycles. The van der Waals surface area contributed by atoms with Gasteiger partial charge in [-0.25, -0.2) is 0 Å². The van der Waals surface area contributed by atoms with Crippen LogP contribution in [0.2, 0.25) is 0 Å². The zero-order valence-corrected chi connectivity index (χ0v) is 21.5. The molecule has 178 valence electrons. The van der Waals surface area contributed by atoms with E-state index >= 15 is 0 Å². The van der Waals surface area contributed by atoms with E-state index < -0.39 is 0 Å². The first-order valence-corrected chi connectivity index (χ1v) is 13.6. The maximum Gasteiger partial charge on any atom is 0.120 e. The normalized spacial score (nSPS) is 16.9. The highest BCUT2D eigenvalue weighted by Gasteiger charge is 2.32. The van der Waals surface area contributed by atoms with Crippen molar-refractivity contribution >= 4 is 15.9 Å². The van der Waals surface area contributed by atoms with Crippen LogP contribution in [0.4, 0.5) is 0 Å². The fourth-order valence-corrected chi connectivity index (χ4v) is 5.34. The Hall–Kier alpha value is -3.04. The van der Waals surface area contributed by atoms with Gasteiger partial charge >= 0.3 is 0 Å². The summed E-state index contributed by atoms with van der Waals surface area (Å²) in [6.45, 7) is 1.32. The van der Waals surface area contributed by atoms with E-state index in [1.54, 1.807) is 0 Å². The first kappa shape index (κ1) is 23.7. The predicted molar refractivity (Wildman–Crippen MR) is 147 cm³/mol. The van der Waals surface area contributed by atoms with E-state index in [1.165, 1.54) is 27.8 Å². The number of ether oxygens (including phenoxy) is 2. The first-order chi connectivity index (χ1) is 17.3. The zero-order valence-electron chi connectivity index (χ0n) is 19.9. The Morgan fingerprint density at radius 3 is 2.17 bits per heavy atom. The van der Waals surface area contributed by atoms with Crippen molar-refractivity contribution in [3.8, 4) is 11.5 Å². The molecule has 0 aliphatic heterocycles. The summed E-state index contributed by atoms with van der Waals surface area (Å²) in [4.78, 5) is 0. The van der Waals surface area contributed by atoms with Crippen LogP contribution in [-0.2, 0) is 13.0 Å². The number of aryl methyl sites for hydroxylation is 1. The van der Waals surface area contributed by atoms with Crippen LogP contribution in [0.5, 0.6) is 11.5 Å². The highest BCUT2D eigenvalue weighted by molar-refractivity contribution is 9.09. The third kappa shape index (κ3) is 5.79. The summed E-state index contributed by atoms with van der Waals surface area (Å²) in [5, 5.41) is 0.958. The smallest absolute Gasteiger partial charge is 0.120 e. The summed E-state index contributed by atoms with van der Waals surface area (Å²) in [7, 11) is 0. The van der Waals surface area contributed by atoms with Gasteiger partial charge in [0, 0.05) is 11.2 Å². The lowest BCUT2D eigenvalue weighted by Gasteiger charge is -2.35. The molecule has 0 fully saturated rings. The molecule has 2 atom stereocenters. The second-order valence-electron chi connectivity index (χ2n) is 9.13. The fourth-order valence-electron chi connectivity index (χ4n) is 5.11. The van der Waals surface area contributed by atoms with Crippen LogP contribution in [0, 0.1) is 0 Å². The van der Waals surface area contributed by atoms with E-state index in [0.717, 1.165) is 42.7 Å². The molecule has 0 spiro atoms. The number of hydrogen-bond acceptors (Lipinski definition) is 2. The molecule has 4 aromatic carbocycles. The minimum atomic E-state index is 0.306. The maximum atomic E-state index is 6.15. The van der Waals surface area contributed by atoms with Gasteiger partial charge in [0.25, 0.3) is 0 Å². The van der Waals surface area contributed by atoms with Crippen LogP contribution in [-0.4, -0.2) is 11.9 Å². The van der Waals surface area contributed by atoms with Crippen molar-refractivity contribution < 1.29 is 9.47 Å². The average molecular weight is 528 g/mol. The largest absolute Gasteiger partial charge is 0.494 e. The summed E-state index contributed by atoms with van der Waals surface area (Å²) >= 11 is 3.47. The molecule has 3 heteroatoms. The van der Waals surface area contributed by atoms with Gasteiger partial charge < -0.3 is 9.47 Å². The Labute approximate surface area is 217 Å². The average Bonchev–Trinajstić information content (AvgIpc) is 2.93. The van der Waals surface area contributed by atoms with Crippen molar-refractivity contribution in [2.45, 2.75) is 37.7 Å². The number of rotatable bonds is 9. The lowest BCUT2D eigenvalue weighted by atomic mass is 9.69. The summed E-state index contributed by atoms with van der Waals surface area (Å²) < 4.78 is 12.1. The van der Waals surface area contributed by atoms with Crippen LogP contribution >= 0.6 is 15.9 Å². The SMILES string of the molecule is BrCCCOc1ccc([C@@H]2c3ccc(OCc4ccccc4)cc3CCC2c2ccccc2)cc1. The van der Waals surface area contributed by atoms with Crippen molar-refractivity contribution in [3.05, 3.63) is 131 Å². The van der Waals surface area contributed by atoms with E-state index in [4.69, 9.17) is 9.47 Å². The molecule has 2 nitrogen and oxygen atoms in total. The Kier molecular flexibility index (Phi) is 7.85. The first-order valence-electron chi connectivity index (χ1n) is 12.4. The molecule has 0 bridgehead atoms. The molecule has 1 aliphatic rings. The van der Waals surface area contributed by atoms with Gasteiger partial charge in [0.15, 0.2) is 0 Å². The lowest BCUT2D eigenvalue weighted by Crippen LogP contribution is -2.20. The highest BCUT2D eigenvalue weighted by Crippen LogP contribution is 2.47. The minimum absolute atomic E-state index is 0.306. The van der Waals surface area contributed by atoms with Gasteiger partial charge in [0.1, 0.15) is 18.1 Å². The third-order valence-electron chi connectivity index (χ3n) is 6.84. The second-order valence-corrected chi connectivity index (χ2v) is 9.92. The molecule has 0 amide bonds. The van der Waals surface area contributed by atoms with Crippen LogP contribution in [0.15, 0.2) is 103 Å². The Morgan fingerprint density at radius 2 is 1.43 bits per heavy atom. The molecule has 0 N–H and O–H groups in total. The van der Waals surface area contributed by atoms with Gasteiger partial charge in [-0.05, 0) is 77.3 Å². The molecular formula is C32H31BrO2. The standard InChI is InChI=1S/C32H31BrO2/c33-20-7-21-34-28-15-12-26(13-16-28)32-30(25-10-5-2-6-11-25)18-14-27-22-29(17-19-31(27)32)35-23-24-8-3-1-4-9-24/h1-6,8-13,15-17,19,22,30,32H,7,14,18,20-21,23H2/t30?,32-/m0/s1. The van der Waals surface area contributed by atoms with Crippen molar-refractivity contribution in [1.29, 1.82) is 0 Å². The van der Waals surface area contributed by atoms with E-state index in [2.05, 4.69) is 113 Å². The second kappa shape index (κ2) is 11.6. The molecule has 1 unspecified atom stereocenters. The van der Waals surface area contributed by atoms with Crippen molar-refractivity contribution in [3.63, 3.8) is 0 Å². The number of fused-ring (bicyclic) bond motifs is 1. The fraction of sp³-hybridized carbons (Fsp3) is 0.250. The highest BCUT2D eigenvalue weighted by atomic mass is 79.9. The van der Waals surface area contributed by atoms with Crippen molar-refractivity contribution in [2.24, 2.45) is 0 Å². The monoisotopic (exact) mass is 526 g/mol. The molecule has 35 heavy (non-hydrogen) atoms. The summed E-state index contributed by atoms with van der Waals surface area (Å²) in [6, 6.07) is 36.7. The molecule has 1 aliphatic carbocycles. The van der Waals surface area contributed by atoms with Gasteiger partial charge in [-0.3, -0.25) is 0 Å². The van der Waals surface area contributed by atoms with Crippen LogP contribution in [0.3, 0.4) is 0 Å². The summed E-state index contributed by atoms with van der Waals surface area (Å²) in [6.07, 6.45) is 3.18. The van der Waals surface area contributed by atoms with E-state index in [1.807, 2.05) is 6.07 Å². The van der Waals surface area contributed by atoms with Crippen LogP contribution in [0.1, 0.15) is 52.5 Å². The van der Waals surface area contributed by atoms with Gasteiger partial charge in [-0.15, -0.1) is 0 Å². The van der Waals surface area contributed by atoms with E-state index in [0.29, 0.717) is 18.4 Å². The minimum Gasteiger partial charge on any atom is -0.494 e.